The largest absolute Gasteiger partial charge is 0.396 e. The molecule has 1 aromatic rings. The molecule has 18 heavy (non-hydrogen) atoms. The minimum Gasteiger partial charge on any atom is -0.396 e. The molecular weight excluding hydrogens is 248 g/mol. The maximum atomic E-state index is 11.8. The molecule has 1 aliphatic rings. The highest BCUT2D eigenvalue weighted by molar-refractivity contribution is 7.99. The van der Waals surface area contributed by atoms with Crippen LogP contribution in [0.2, 0.25) is 0 Å². The number of amides is 1. The van der Waals surface area contributed by atoms with Gasteiger partial charge in [0, 0.05) is 6.54 Å². The molecule has 0 aromatic carbocycles. The molecule has 1 atom stereocenters. The summed E-state index contributed by atoms with van der Waals surface area (Å²) in [5, 5.41) is 7.23. The van der Waals surface area contributed by atoms with E-state index in [1.807, 2.05) is 25.6 Å². The molecule has 3 N–H and O–H groups in total. The number of nitrogen functional groups attached to an aromatic ring is 1. The van der Waals surface area contributed by atoms with Crippen molar-refractivity contribution in [1.82, 2.24) is 15.1 Å². The standard InChI is InChI=1S/C12H20N4OS/c1-8-12(13)9(2)16(15-8)6-11(17)14-5-10-3-4-18-7-10/h10H,3-7,13H2,1-2H3,(H,14,17). The van der Waals surface area contributed by atoms with Gasteiger partial charge in [-0.05, 0) is 37.7 Å². The third-order valence-electron chi connectivity index (χ3n) is 3.34. The van der Waals surface area contributed by atoms with Gasteiger partial charge in [-0.1, -0.05) is 0 Å². The first-order valence-corrected chi connectivity index (χ1v) is 7.37. The van der Waals surface area contributed by atoms with Crippen LogP contribution in [0.15, 0.2) is 0 Å². The highest BCUT2D eigenvalue weighted by Gasteiger charge is 2.17. The number of nitrogens with zero attached hydrogens (tertiary/aromatic N) is 2. The molecule has 1 fully saturated rings. The van der Waals surface area contributed by atoms with Gasteiger partial charge in [-0.25, -0.2) is 0 Å². The first kappa shape index (κ1) is 13.3. The maximum absolute atomic E-state index is 11.8. The number of carbonyl (C=O) groups is 1. The number of carbonyl (C=O) groups excluding carboxylic acids is 1. The molecule has 1 aromatic heterocycles. The summed E-state index contributed by atoms with van der Waals surface area (Å²) in [5.74, 6) is 3.02. The van der Waals surface area contributed by atoms with E-state index in [1.165, 1.54) is 12.2 Å². The first-order valence-electron chi connectivity index (χ1n) is 6.22. The Labute approximate surface area is 111 Å². The van der Waals surface area contributed by atoms with Crippen molar-refractivity contribution in [3.05, 3.63) is 11.4 Å². The molecule has 2 heterocycles. The van der Waals surface area contributed by atoms with Crippen LogP contribution in [0.25, 0.3) is 0 Å². The summed E-state index contributed by atoms with van der Waals surface area (Å²) < 4.78 is 1.67. The molecule has 2 rings (SSSR count). The lowest BCUT2D eigenvalue weighted by Gasteiger charge is -2.10. The number of anilines is 1. The lowest BCUT2D eigenvalue weighted by atomic mass is 10.1. The van der Waals surface area contributed by atoms with Gasteiger partial charge >= 0.3 is 0 Å². The molecule has 0 bridgehead atoms. The molecule has 0 radical (unpaired) electrons. The van der Waals surface area contributed by atoms with Gasteiger partial charge in [-0.3, -0.25) is 9.48 Å². The van der Waals surface area contributed by atoms with E-state index >= 15 is 0 Å². The Bertz CT molecular complexity index is 438. The predicted octanol–water partition coefficient (Wildman–Crippen LogP) is 0.951. The molecule has 100 valence electrons. The SMILES string of the molecule is Cc1nn(CC(=O)NCC2CCSC2)c(C)c1N. The molecule has 0 spiro atoms. The average molecular weight is 268 g/mol. The molecular formula is C12H20N4OS. The Morgan fingerprint density at radius 3 is 2.94 bits per heavy atom. The van der Waals surface area contributed by atoms with Crippen molar-refractivity contribution in [2.45, 2.75) is 26.8 Å². The Kier molecular flexibility index (Phi) is 4.16. The van der Waals surface area contributed by atoms with E-state index in [4.69, 9.17) is 5.73 Å². The Hall–Kier alpha value is -1.17. The lowest BCUT2D eigenvalue weighted by Crippen LogP contribution is -2.32. The van der Waals surface area contributed by atoms with Crippen molar-refractivity contribution in [3.8, 4) is 0 Å². The van der Waals surface area contributed by atoms with Gasteiger partial charge < -0.3 is 11.1 Å². The van der Waals surface area contributed by atoms with Crippen LogP contribution < -0.4 is 11.1 Å². The molecule has 1 amide bonds. The minimum absolute atomic E-state index is 0.0116. The molecule has 6 heteroatoms. The summed E-state index contributed by atoms with van der Waals surface area (Å²) in [7, 11) is 0. The average Bonchev–Trinajstić information content (AvgIpc) is 2.93. The third-order valence-corrected chi connectivity index (χ3v) is 4.57. The van der Waals surface area contributed by atoms with Crippen molar-refractivity contribution in [2.24, 2.45) is 5.92 Å². The summed E-state index contributed by atoms with van der Waals surface area (Å²) in [6, 6.07) is 0. The van der Waals surface area contributed by atoms with Crippen LogP contribution in [0.1, 0.15) is 17.8 Å². The summed E-state index contributed by atoms with van der Waals surface area (Å²) in [6.07, 6.45) is 1.21. The second-order valence-corrected chi connectivity index (χ2v) is 5.93. The van der Waals surface area contributed by atoms with Crippen molar-refractivity contribution in [2.75, 3.05) is 23.8 Å². The highest BCUT2D eigenvalue weighted by atomic mass is 32.2. The molecule has 5 nitrogen and oxygen atoms in total. The maximum Gasteiger partial charge on any atom is 0.241 e. The van der Waals surface area contributed by atoms with Crippen LogP contribution in [0.5, 0.6) is 0 Å². The minimum atomic E-state index is 0.0116. The van der Waals surface area contributed by atoms with Gasteiger partial charge in [0.15, 0.2) is 0 Å². The van der Waals surface area contributed by atoms with Gasteiger partial charge in [0.2, 0.25) is 5.91 Å². The number of aryl methyl sites for hydroxylation is 1. The summed E-state index contributed by atoms with van der Waals surface area (Å²) in [5.41, 5.74) is 8.15. The van der Waals surface area contributed by atoms with E-state index < -0.39 is 0 Å². The van der Waals surface area contributed by atoms with Gasteiger partial charge in [0.1, 0.15) is 6.54 Å². The fourth-order valence-corrected chi connectivity index (χ4v) is 3.34. The number of nitrogens with one attached hydrogen (secondary N) is 1. The Morgan fingerprint density at radius 2 is 2.39 bits per heavy atom. The number of aromatic nitrogens is 2. The predicted molar refractivity (Wildman–Crippen MR) is 74.6 cm³/mol. The second-order valence-electron chi connectivity index (χ2n) is 4.78. The van der Waals surface area contributed by atoms with Gasteiger partial charge in [0.05, 0.1) is 17.1 Å². The Balaban J connectivity index is 1.84. The molecule has 1 aliphatic heterocycles. The topological polar surface area (TPSA) is 72.9 Å². The zero-order valence-corrected chi connectivity index (χ0v) is 11.7. The van der Waals surface area contributed by atoms with E-state index in [2.05, 4.69) is 10.4 Å². The van der Waals surface area contributed by atoms with Crippen LogP contribution >= 0.6 is 11.8 Å². The molecule has 0 saturated carbocycles. The second kappa shape index (κ2) is 5.65. The number of rotatable bonds is 4. The number of hydrogen-bond donors (Lipinski definition) is 2. The summed E-state index contributed by atoms with van der Waals surface area (Å²) >= 11 is 1.96. The van der Waals surface area contributed by atoms with Crippen molar-refractivity contribution in [1.29, 1.82) is 0 Å². The monoisotopic (exact) mass is 268 g/mol. The number of nitrogens with two attached hydrogens (primary N) is 1. The van der Waals surface area contributed by atoms with E-state index in [1.54, 1.807) is 4.68 Å². The van der Waals surface area contributed by atoms with Crippen LogP contribution in [-0.4, -0.2) is 33.7 Å². The molecule has 0 aliphatic carbocycles. The van der Waals surface area contributed by atoms with E-state index in [0.717, 1.165) is 23.7 Å². The van der Waals surface area contributed by atoms with Crippen LogP contribution in [0.4, 0.5) is 5.69 Å². The molecule has 1 saturated heterocycles. The highest BCUT2D eigenvalue weighted by Crippen LogP contribution is 2.22. The van der Waals surface area contributed by atoms with Crippen LogP contribution in [0.3, 0.4) is 0 Å². The zero-order valence-electron chi connectivity index (χ0n) is 10.9. The normalized spacial score (nSPS) is 19.1. The summed E-state index contributed by atoms with van der Waals surface area (Å²) in [4.78, 5) is 11.8. The van der Waals surface area contributed by atoms with Gasteiger partial charge in [0.25, 0.3) is 0 Å². The van der Waals surface area contributed by atoms with Crippen molar-refractivity contribution < 1.29 is 4.79 Å². The number of hydrogen-bond acceptors (Lipinski definition) is 4. The molecule has 1 unspecified atom stereocenters. The lowest BCUT2D eigenvalue weighted by molar-refractivity contribution is -0.122. The number of thioether (sulfide) groups is 1. The van der Waals surface area contributed by atoms with Crippen LogP contribution in [-0.2, 0) is 11.3 Å². The first-order chi connectivity index (χ1) is 8.58. The fraction of sp³-hybridized carbons (Fsp3) is 0.667. The van der Waals surface area contributed by atoms with E-state index in [-0.39, 0.29) is 12.5 Å². The van der Waals surface area contributed by atoms with E-state index in [9.17, 15) is 4.79 Å². The Morgan fingerprint density at radius 1 is 1.61 bits per heavy atom. The zero-order chi connectivity index (χ0) is 13.1. The van der Waals surface area contributed by atoms with Crippen molar-refractivity contribution in [3.63, 3.8) is 0 Å². The van der Waals surface area contributed by atoms with E-state index in [0.29, 0.717) is 11.6 Å². The summed E-state index contributed by atoms with van der Waals surface area (Å²) in [6.45, 7) is 4.77. The third kappa shape index (κ3) is 2.98. The van der Waals surface area contributed by atoms with Crippen molar-refractivity contribution >= 4 is 23.4 Å². The van der Waals surface area contributed by atoms with Gasteiger partial charge in [-0.2, -0.15) is 16.9 Å². The fourth-order valence-electron chi connectivity index (χ4n) is 2.06. The van der Waals surface area contributed by atoms with Crippen LogP contribution in [0, 0.1) is 19.8 Å². The quantitative estimate of drug-likeness (QED) is 0.853. The smallest absolute Gasteiger partial charge is 0.241 e. The van der Waals surface area contributed by atoms with Gasteiger partial charge in [-0.15, -0.1) is 0 Å².